The Morgan fingerprint density at radius 2 is 2.18 bits per heavy atom. The minimum absolute atomic E-state index is 0.110. The Bertz CT molecular complexity index is 696. The molecule has 2 heterocycles. The number of benzene rings is 1. The molecule has 0 bridgehead atoms. The number of carbonyl (C=O) groups excluding carboxylic acids is 1. The van der Waals surface area contributed by atoms with Gasteiger partial charge in [0, 0.05) is 36.6 Å². The first-order valence-corrected chi connectivity index (χ1v) is 7.70. The molecule has 1 aliphatic heterocycles. The van der Waals surface area contributed by atoms with E-state index in [1.165, 1.54) is 16.7 Å². The van der Waals surface area contributed by atoms with Gasteiger partial charge >= 0.3 is 0 Å². The maximum absolute atomic E-state index is 11.4. The third kappa shape index (κ3) is 3.17. The Hall–Kier alpha value is -2.20. The van der Waals surface area contributed by atoms with Gasteiger partial charge in [0.1, 0.15) is 0 Å². The van der Waals surface area contributed by atoms with E-state index in [1.54, 1.807) is 0 Å². The van der Waals surface area contributed by atoms with E-state index in [0.717, 1.165) is 24.3 Å². The lowest BCUT2D eigenvalue weighted by Gasteiger charge is -2.20. The fourth-order valence-corrected chi connectivity index (χ4v) is 2.76. The predicted octanol–water partition coefficient (Wildman–Crippen LogP) is 3.13. The summed E-state index contributed by atoms with van der Waals surface area (Å²) in [7, 11) is 0. The molecule has 0 fully saturated rings. The quantitative estimate of drug-likeness (QED) is 0.911. The number of aryl methyl sites for hydroxylation is 2. The number of fused-ring (bicyclic) bond motifs is 1. The van der Waals surface area contributed by atoms with Gasteiger partial charge in [-0.15, -0.1) is 0 Å². The van der Waals surface area contributed by atoms with Crippen LogP contribution in [0.1, 0.15) is 41.8 Å². The molecule has 1 unspecified atom stereocenters. The summed E-state index contributed by atoms with van der Waals surface area (Å²) in [6, 6.07) is 10.6. The molecular formula is C18H21N3O. The van der Waals surface area contributed by atoms with Crippen molar-refractivity contribution in [2.24, 2.45) is 0 Å². The van der Waals surface area contributed by atoms with Crippen molar-refractivity contribution in [3.8, 4) is 0 Å². The Balaban J connectivity index is 1.69. The van der Waals surface area contributed by atoms with Gasteiger partial charge in [0.05, 0.1) is 0 Å². The summed E-state index contributed by atoms with van der Waals surface area (Å²) in [6.45, 7) is 4.99. The number of carbonyl (C=O) groups is 1. The van der Waals surface area contributed by atoms with Crippen molar-refractivity contribution in [3.63, 3.8) is 0 Å². The Morgan fingerprint density at radius 1 is 1.32 bits per heavy atom. The van der Waals surface area contributed by atoms with Crippen molar-refractivity contribution in [2.75, 3.05) is 5.32 Å². The first kappa shape index (κ1) is 14.7. The van der Waals surface area contributed by atoms with Gasteiger partial charge in [0.15, 0.2) is 0 Å². The maximum atomic E-state index is 11.4. The molecule has 1 aromatic heterocycles. The van der Waals surface area contributed by atoms with Gasteiger partial charge in [0.2, 0.25) is 5.91 Å². The number of aromatic nitrogens is 1. The zero-order valence-electron chi connectivity index (χ0n) is 13.0. The van der Waals surface area contributed by atoms with Gasteiger partial charge in [-0.25, -0.2) is 0 Å². The molecule has 2 N–H and O–H groups in total. The molecule has 22 heavy (non-hydrogen) atoms. The number of rotatable bonds is 4. The highest BCUT2D eigenvalue weighted by Gasteiger charge is 2.16. The molecule has 0 spiro atoms. The molecule has 0 saturated heterocycles. The molecule has 4 heteroatoms. The second-order valence-electron chi connectivity index (χ2n) is 5.82. The van der Waals surface area contributed by atoms with Crippen molar-refractivity contribution in [3.05, 3.63) is 58.9 Å². The van der Waals surface area contributed by atoms with Crippen molar-refractivity contribution in [1.82, 2.24) is 10.3 Å². The van der Waals surface area contributed by atoms with E-state index in [2.05, 4.69) is 40.7 Å². The average Bonchev–Trinajstić information content (AvgIpc) is 2.53. The van der Waals surface area contributed by atoms with E-state index in [9.17, 15) is 4.79 Å². The summed E-state index contributed by atoms with van der Waals surface area (Å²) in [5.74, 6) is 0.110. The number of hydrogen-bond acceptors (Lipinski definition) is 3. The number of hydrogen-bond donors (Lipinski definition) is 2. The summed E-state index contributed by atoms with van der Waals surface area (Å²) < 4.78 is 0. The molecule has 114 valence electrons. The standard InChI is InChI=1S/C18H21N3O/c1-12(20-11-16-4-3-9-19-13(16)2)14-5-7-17-15(10-14)6-8-18(22)21-17/h3-5,7,9-10,12,20H,6,8,11H2,1-2H3,(H,21,22). The molecule has 1 atom stereocenters. The molecule has 0 radical (unpaired) electrons. The van der Waals surface area contributed by atoms with E-state index in [1.807, 2.05) is 25.3 Å². The van der Waals surface area contributed by atoms with Crippen LogP contribution in [0.3, 0.4) is 0 Å². The first-order chi connectivity index (χ1) is 10.6. The maximum Gasteiger partial charge on any atom is 0.224 e. The topological polar surface area (TPSA) is 54.0 Å². The van der Waals surface area contributed by atoms with Crippen LogP contribution in [-0.4, -0.2) is 10.9 Å². The molecule has 3 rings (SSSR count). The second-order valence-corrected chi connectivity index (χ2v) is 5.82. The average molecular weight is 295 g/mol. The van der Waals surface area contributed by atoms with Crippen molar-refractivity contribution >= 4 is 11.6 Å². The predicted molar refractivity (Wildman–Crippen MR) is 87.6 cm³/mol. The monoisotopic (exact) mass is 295 g/mol. The Kier molecular flexibility index (Phi) is 4.20. The van der Waals surface area contributed by atoms with E-state index in [0.29, 0.717) is 6.42 Å². The second kappa shape index (κ2) is 6.28. The molecule has 1 aliphatic rings. The van der Waals surface area contributed by atoms with E-state index >= 15 is 0 Å². The molecule has 0 aliphatic carbocycles. The third-order valence-electron chi connectivity index (χ3n) is 4.24. The number of anilines is 1. The molecule has 4 nitrogen and oxygen atoms in total. The van der Waals surface area contributed by atoms with Gasteiger partial charge in [-0.05, 0) is 49.1 Å². The number of nitrogens with zero attached hydrogens (tertiary/aromatic N) is 1. The summed E-state index contributed by atoms with van der Waals surface area (Å²) in [6.07, 6.45) is 3.22. The molecule has 2 aromatic rings. The highest BCUT2D eigenvalue weighted by atomic mass is 16.1. The van der Waals surface area contributed by atoms with Crippen LogP contribution >= 0.6 is 0 Å². The van der Waals surface area contributed by atoms with Gasteiger partial charge in [-0.3, -0.25) is 9.78 Å². The minimum Gasteiger partial charge on any atom is -0.326 e. The molecular weight excluding hydrogens is 274 g/mol. The number of pyridine rings is 1. The van der Waals surface area contributed by atoms with Crippen LogP contribution in [0.15, 0.2) is 36.5 Å². The van der Waals surface area contributed by atoms with Gasteiger partial charge in [-0.2, -0.15) is 0 Å². The van der Waals surface area contributed by atoms with Crippen molar-refractivity contribution in [1.29, 1.82) is 0 Å². The fourth-order valence-electron chi connectivity index (χ4n) is 2.76. The first-order valence-electron chi connectivity index (χ1n) is 7.70. The molecule has 1 aromatic carbocycles. The van der Waals surface area contributed by atoms with Crippen LogP contribution in [0.2, 0.25) is 0 Å². The summed E-state index contributed by atoms with van der Waals surface area (Å²) in [5.41, 5.74) is 5.71. The zero-order chi connectivity index (χ0) is 15.5. The normalized spacial score (nSPS) is 15.1. The zero-order valence-corrected chi connectivity index (χ0v) is 13.0. The summed E-state index contributed by atoms with van der Waals surface area (Å²) >= 11 is 0. The van der Waals surface area contributed by atoms with E-state index < -0.39 is 0 Å². The van der Waals surface area contributed by atoms with Gasteiger partial charge in [0.25, 0.3) is 0 Å². The molecule has 1 amide bonds. The van der Waals surface area contributed by atoms with E-state index in [4.69, 9.17) is 0 Å². The van der Waals surface area contributed by atoms with E-state index in [-0.39, 0.29) is 11.9 Å². The minimum atomic E-state index is 0.110. The lowest BCUT2D eigenvalue weighted by molar-refractivity contribution is -0.116. The van der Waals surface area contributed by atoms with Gasteiger partial charge in [-0.1, -0.05) is 18.2 Å². The Morgan fingerprint density at radius 3 is 3.00 bits per heavy atom. The van der Waals surface area contributed by atoms with Crippen LogP contribution in [0.4, 0.5) is 5.69 Å². The lowest BCUT2D eigenvalue weighted by atomic mass is 9.97. The lowest BCUT2D eigenvalue weighted by Crippen LogP contribution is -2.21. The van der Waals surface area contributed by atoms with Crippen LogP contribution < -0.4 is 10.6 Å². The molecule has 0 saturated carbocycles. The Labute approximate surface area is 131 Å². The highest BCUT2D eigenvalue weighted by molar-refractivity contribution is 5.93. The van der Waals surface area contributed by atoms with Crippen LogP contribution in [0.25, 0.3) is 0 Å². The van der Waals surface area contributed by atoms with Gasteiger partial charge < -0.3 is 10.6 Å². The summed E-state index contributed by atoms with van der Waals surface area (Å²) in [5, 5.41) is 6.47. The van der Waals surface area contributed by atoms with Crippen LogP contribution in [-0.2, 0) is 17.8 Å². The fraction of sp³-hybridized carbons (Fsp3) is 0.333. The number of nitrogens with one attached hydrogen (secondary N) is 2. The number of amides is 1. The smallest absolute Gasteiger partial charge is 0.224 e. The van der Waals surface area contributed by atoms with Crippen molar-refractivity contribution in [2.45, 2.75) is 39.3 Å². The van der Waals surface area contributed by atoms with Crippen LogP contribution in [0.5, 0.6) is 0 Å². The van der Waals surface area contributed by atoms with Crippen LogP contribution in [0, 0.1) is 6.92 Å². The van der Waals surface area contributed by atoms with Crippen molar-refractivity contribution < 1.29 is 4.79 Å². The third-order valence-corrected chi connectivity index (χ3v) is 4.24. The largest absolute Gasteiger partial charge is 0.326 e. The highest BCUT2D eigenvalue weighted by Crippen LogP contribution is 2.26. The summed E-state index contributed by atoms with van der Waals surface area (Å²) in [4.78, 5) is 15.7. The SMILES string of the molecule is Cc1ncccc1CNC(C)c1ccc2c(c1)CCC(=O)N2.